The number of hydrogen-bond acceptors (Lipinski definition) is 4. The van der Waals surface area contributed by atoms with E-state index in [4.69, 9.17) is 0 Å². The standard InChI is InChI=1S/C11H22N2O3S/c1-11(2,3)13-10(14)7-12-6-9-4-5-17(15,16)8-9/h9,12H,4-8H2,1-3H3,(H,13,14). The second-order valence-electron chi connectivity index (χ2n) is 5.70. The topological polar surface area (TPSA) is 75.3 Å². The Morgan fingerprint density at radius 2 is 2.00 bits per heavy atom. The molecule has 0 aromatic rings. The summed E-state index contributed by atoms with van der Waals surface area (Å²) in [5.41, 5.74) is -0.227. The maximum Gasteiger partial charge on any atom is 0.234 e. The van der Waals surface area contributed by atoms with E-state index in [9.17, 15) is 13.2 Å². The van der Waals surface area contributed by atoms with Gasteiger partial charge in [0.1, 0.15) is 0 Å². The van der Waals surface area contributed by atoms with Crippen LogP contribution in [0, 0.1) is 5.92 Å². The van der Waals surface area contributed by atoms with Gasteiger partial charge in [0.2, 0.25) is 5.91 Å². The van der Waals surface area contributed by atoms with Crippen LogP contribution >= 0.6 is 0 Å². The summed E-state index contributed by atoms with van der Waals surface area (Å²) in [6, 6.07) is 0. The van der Waals surface area contributed by atoms with Crippen molar-refractivity contribution in [2.24, 2.45) is 5.92 Å². The van der Waals surface area contributed by atoms with Gasteiger partial charge in [0.25, 0.3) is 0 Å². The fraction of sp³-hybridized carbons (Fsp3) is 0.909. The molecule has 2 N–H and O–H groups in total. The van der Waals surface area contributed by atoms with E-state index in [-0.39, 0.29) is 35.4 Å². The van der Waals surface area contributed by atoms with Gasteiger partial charge in [0, 0.05) is 5.54 Å². The van der Waals surface area contributed by atoms with Crippen molar-refractivity contribution >= 4 is 15.7 Å². The number of sulfone groups is 1. The molecule has 1 aliphatic rings. The Morgan fingerprint density at radius 3 is 2.47 bits per heavy atom. The Balaban J connectivity index is 2.19. The van der Waals surface area contributed by atoms with Crippen LogP contribution in [0.1, 0.15) is 27.2 Å². The minimum Gasteiger partial charge on any atom is -0.350 e. The lowest BCUT2D eigenvalue weighted by atomic mass is 10.1. The fourth-order valence-electron chi connectivity index (χ4n) is 1.89. The number of hydrogen-bond donors (Lipinski definition) is 2. The zero-order valence-electron chi connectivity index (χ0n) is 10.7. The van der Waals surface area contributed by atoms with E-state index in [0.29, 0.717) is 13.0 Å². The van der Waals surface area contributed by atoms with Gasteiger partial charge in [-0.05, 0) is 39.7 Å². The van der Waals surface area contributed by atoms with Gasteiger partial charge < -0.3 is 10.6 Å². The minimum absolute atomic E-state index is 0.0571. The van der Waals surface area contributed by atoms with Crippen LogP contribution in [0.4, 0.5) is 0 Å². The number of rotatable bonds is 4. The van der Waals surface area contributed by atoms with Crippen molar-refractivity contribution in [1.82, 2.24) is 10.6 Å². The van der Waals surface area contributed by atoms with E-state index >= 15 is 0 Å². The van der Waals surface area contributed by atoms with Gasteiger partial charge in [-0.2, -0.15) is 0 Å². The fourth-order valence-corrected chi connectivity index (χ4v) is 3.75. The summed E-state index contributed by atoms with van der Waals surface area (Å²) < 4.78 is 22.4. The molecule has 1 atom stereocenters. The maximum atomic E-state index is 11.5. The van der Waals surface area contributed by atoms with Crippen molar-refractivity contribution < 1.29 is 13.2 Å². The summed E-state index contributed by atoms with van der Waals surface area (Å²) in [7, 11) is -2.82. The Labute approximate surface area is 103 Å². The van der Waals surface area contributed by atoms with Gasteiger partial charge in [-0.1, -0.05) is 0 Å². The van der Waals surface area contributed by atoms with Crippen LogP contribution < -0.4 is 10.6 Å². The molecule has 5 nitrogen and oxygen atoms in total. The SMILES string of the molecule is CC(C)(C)NC(=O)CNCC1CCS(=O)(=O)C1. The van der Waals surface area contributed by atoms with Gasteiger partial charge >= 0.3 is 0 Å². The second-order valence-corrected chi connectivity index (χ2v) is 7.93. The normalized spacial score (nSPS) is 23.6. The highest BCUT2D eigenvalue weighted by atomic mass is 32.2. The molecule has 6 heteroatoms. The molecule has 1 amide bonds. The minimum atomic E-state index is -2.82. The van der Waals surface area contributed by atoms with Gasteiger partial charge in [-0.25, -0.2) is 8.42 Å². The number of amides is 1. The van der Waals surface area contributed by atoms with Crippen molar-refractivity contribution in [2.45, 2.75) is 32.7 Å². The first kappa shape index (κ1) is 14.4. The van der Waals surface area contributed by atoms with Crippen molar-refractivity contribution in [3.8, 4) is 0 Å². The van der Waals surface area contributed by atoms with Crippen molar-refractivity contribution in [3.05, 3.63) is 0 Å². The van der Waals surface area contributed by atoms with Gasteiger partial charge in [0.05, 0.1) is 18.1 Å². The first-order valence-corrected chi connectivity index (χ1v) is 7.72. The van der Waals surface area contributed by atoms with Gasteiger partial charge in [0.15, 0.2) is 9.84 Å². The molecule has 1 unspecified atom stereocenters. The highest BCUT2D eigenvalue weighted by Crippen LogP contribution is 2.17. The van der Waals surface area contributed by atoms with Crippen LogP contribution in [-0.4, -0.2) is 44.5 Å². The molecule has 0 radical (unpaired) electrons. The summed E-state index contributed by atoms with van der Waals surface area (Å²) >= 11 is 0. The Bertz CT molecular complexity index is 371. The molecule has 0 saturated carbocycles. The number of carbonyl (C=O) groups is 1. The van der Waals surface area contributed by atoms with Crippen molar-refractivity contribution in [1.29, 1.82) is 0 Å². The van der Waals surface area contributed by atoms with Crippen LogP contribution in [-0.2, 0) is 14.6 Å². The van der Waals surface area contributed by atoms with E-state index < -0.39 is 9.84 Å². The first-order valence-electron chi connectivity index (χ1n) is 5.90. The molecule has 0 aromatic carbocycles. The predicted molar refractivity (Wildman–Crippen MR) is 67.5 cm³/mol. The molecule has 17 heavy (non-hydrogen) atoms. The lowest BCUT2D eigenvalue weighted by Gasteiger charge is -2.20. The van der Waals surface area contributed by atoms with Crippen LogP contribution in [0.3, 0.4) is 0 Å². The Morgan fingerprint density at radius 1 is 1.35 bits per heavy atom. The predicted octanol–water partition coefficient (Wildman–Crippen LogP) is -0.0746. The van der Waals surface area contributed by atoms with E-state index in [1.54, 1.807) is 0 Å². The second kappa shape index (κ2) is 5.35. The maximum absolute atomic E-state index is 11.5. The third-order valence-electron chi connectivity index (χ3n) is 2.56. The van der Waals surface area contributed by atoms with Crippen LogP contribution in [0.25, 0.3) is 0 Å². The summed E-state index contributed by atoms with van der Waals surface area (Å²) in [5, 5.41) is 5.85. The molecule has 0 aromatic heterocycles. The molecular weight excluding hydrogens is 240 g/mol. The van der Waals surface area contributed by atoms with Crippen LogP contribution in [0.2, 0.25) is 0 Å². The number of nitrogens with one attached hydrogen (secondary N) is 2. The Hall–Kier alpha value is -0.620. The highest BCUT2D eigenvalue weighted by molar-refractivity contribution is 7.91. The zero-order valence-corrected chi connectivity index (χ0v) is 11.6. The van der Waals surface area contributed by atoms with Gasteiger partial charge in [-0.3, -0.25) is 4.79 Å². The van der Waals surface area contributed by atoms with Gasteiger partial charge in [-0.15, -0.1) is 0 Å². The largest absolute Gasteiger partial charge is 0.350 e. The third-order valence-corrected chi connectivity index (χ3v) is 4.40. The molecule has 1 rings (SSSR count). The lowest BCUT2D eigenvalue weighted by Crippen LogP contribution is -2.45. The average Bonchev–Trinajstić information content (AvgIpc) is 2.42. The Kier molecular flexibility index (Phi) is 4.55. The van der Waals surface area contributed by atoms with E-state index in [1.807, 2.05) is 20.8 Å². The molecule has 0 bridgehead atoms. The van der Waals surface area contributed by atoms with Crippen molar-refractivity contribution in [2.75, 3.05) is 24.6 Å². The van der Waals surface area contributed by atoms with E-state index in [0.717, 1.165) is 0 Å². The number of carbonyl (C=O) groups excluding carboxylic acids is 1. The summed E-state index contributed by atoms with van der Waals surface area (Å²) in [4.78, 5) is 11.5. The smallest absolute Gasteiger partial charge is 0.234 e. The zero-order chi connectivity index (χ0) is 13.1. The summed E-state index contributed by atoms with van der Waals surface area (Å²) in [6.45, 7) is 6.61. The average molecular weight is 262 g/mol. The molecule has 1 fully saturated rings. The molecule has 0 aliphatic carbocycles. The quantitative estimate of drug-likeness (QED) is 0.743. The molecule has 0 spiro atoms. The molecule has 1 saturated heterocycles. The van der Waals surface area contributed by atoms with E-state index in [2.05, 4.69) is 10.6 Å². The van der Waals surface area contributed by atoms with Crippen LogP contribution in [0.15, 0.2) is 0 Å². The molecule has 100 valence electrons. The molecular formula is C11H22N2O3S. The van der Waals surface area contributed by atoms with E-state index in [1.165, 1.54) is 0 Å². The third kappa shape index (κ3) is 6.02. The molecule has 1 heterocycles. The lowest BCUT2D eigenvalue weighted by molar-refractivity contribution is -0.121. The summed E-state index contributed by atoms with van der Waals surface area (Å²) in [6.07, 6.45) is 0.705. The highest BCUT2D eigenvalue weighted by Gasteiger charge is 2.27. The first-order chi connectivity index (χ1) is 7.68. The molecule has 1 aliphatic heterocycles. The summed E-state index contributed by atoms with van der Waals surface area (Å²) in [5.74, 6) is 0.634. The van der Waals surface area contributed by atoms with Crippen molar-refractivity contribution in [3.63, 3.8) is 0 Å². The van der Waals surface area contributed by atoms with Crippen LogP contribution in [0.5, 0.6) is 0 Å². The monoisotopic (exact) mass is 262 g/mol.